The van der Waals surface area contributed by atoms with Gasteiger partial charge in [-0.05, 0) is 19.6 Å². The molecule has 1 N–H and O–H groups in total. The van der Waals surface area contributed by atoms with Gasteiger partial charge >= 0.3 is 0 Å². The lowest BCUT2D eigenvalue weighted by molar-refractivity contribution is -0.746. The van der Waals surface area contributed by atoms with Gasteiger partial charge in [-0.2, -0.15) is 0 Å². The molecule has 0 aliphatic carbocycles. The molecule has 0 heterocycles. The van der Waals surface area contributed by atoms with Crippen molar-refractivity contribution < 1.29 is 5.06 Å². The third-order valence-electron chi connectivity index (χ3n) is 0.739. The summed E-state index contributed by atoms with van der Waals surface area (Å²) in [5, 5.41) is 10.6. The van der Waals surface area contributed by atoms with Gasteiger partial charge in [-0.25, -0.2) is 0 Å². The highest BCUT2D eigenvalue weighted by atomic mass is 16.5. The molecule has 0 amide bonds. The van der Waals surface area contributed by atoms with Crippen molar-refractivity contribution in [1.82, 2.24) is 0 Å². The fraction of sp³-hybridized carbons (Fsp3) is 0.333. The van der Waals surface area contributed by atoms with Crippen LogP contribution in [0.4, 0.5) is 0 Å². The third-order valence-corrected chi connectivity index (χ3v) is 0.739. The van der Waals surface area contributed by atoms with Gasteiger partial charge in [-0.3, -0.25) is 0 Å². The Balaban J connectivity index is 3.64. The quantitative estimate of drug-likeness (QED) is 0.517. The molecule has 2 nitrogen and oxygen atoms in total. The minimum atomic E-state index is 0.00694. The zero-order chi connectivity index (χ0) is 6.57. The smallest absolute Gasteiger partial charge is 0.101 e. The number of rotatable bonds is 2. The van der Waals surface area contributed by atoms with E-state index in [0.717, 1.165) is 0 Å². The largest absolute Gasteiger partial charge is 0.624 e. The Bertz CT molecular complexity index is 107. The summed E-state index contributed by atoms with van der Waals surface area (Å²) in [6.45, 7) is 6.98. The second-order valence-electron chi connectivity index (χ2n) is 1.64. The number of hydrogen-bond acceptors (Lipinski definition) is 1. The van der Waals surface area contributed by atoms with Crippen LogP contribution in [0.1, 0.15) is 13.8 Å². The Kier molecular flexibility index (Phi) is 3.15. The molecule has 0 rings (SSSR count). The molecule has 46 valence electrons. The van der Waals surface area contributed by atoms with Crippen molar-refractivity contribution in [2.75, 3.05) is 0 Å². The fourth-order valence-electron chi connectivity index (χ4n) is 0.294. The summed E-state index contributed by atoms with van der Waals surface area (Å²) in [6.07, 6.45) is 3.21. The standard InChI is InChI=1S/C6H11NO/c1-4-5-7(8)6(2)3/h4-5,7H,2H2,1,3H3/b5-4-. The van der Waals surface area contributed by atoms with Crippen LogP contribution in [0.25, 0.3) is 0 Å². The van der Waals surface area contributed by atoms with Crippen molar-refractivity contribution in [2.24, 2.45) is 0 Å². The normalized spacial score (nSPS) is 14.4. The van der Waals surface area contributed by atoms with Crippen LogP contribution < -0.4 is 5.06 Å². The number of quaternary nitrogens is 1. The van der Waals surface area contributed by atoms with Crippen LogP contribution in [-0.2, 0) is 0 Å². The van der Waals surface area contributed by atoms with E-state index in [2.05, 4.69) is 6.58 Å². The maximum Gasteiger partial charge on any atom is 0.101 e. The molecular formula is C6H11NO. The van der Waals surface area contributed by atoms with E-state index >= 15 is 0 Å². The topological polar surface area (TPSA) is 27.5 Å². The van der Waals surface area contributed by atoms with Gasteiger partial charge in [0, 0.05) is 6.92 Å². The minimum absolute atomic E-state index is 0.00694. The summed E-state index contributed by atoms with van der Waals surface area (Å²) in [6, 6.07) is 0. The average molecular weight is 113 g/mol. The molecule has 1 unspecified atom stereocenters. The molecule has 8 heavy (non-hydrogen) atoms. The SMILES string of the molecule is C=C(C)[NH+]([O-])/C=C\C. The highest BCUT2D eigenvalue weighted by molar-refractivity contribution is 4.77. The zero-order valence-corrected chi connectivity index (χ0v) is 5.27. The summed E-state index contributed by atoms with van der Waals surface area (Å²) in [5.41, 5.74) is 0.586. The van der Waals surface area contributed by atoms with Gasteiger partial charge < -0.3 is 10.3 Å². The summed E-state index contributed by atoms with van der Waals surface area (Å²) in [7, 11) is 0. The molecular weight excluding hydrogens is 102 g/mol. The van der Waals surface area contributed by atoms with Gasteiger partial charge in [0.1, 0.15) is 5.70 Å². The second kappa shape index (κ2) is 3.41. The van der Waals surface area contributed by atoms with E-state index in [1.165, 1.54) is 6.20 Å². The maximum absolute atomic E-state index is 10.6. The van der Waals surface area contributed by atoms with E-state index in [9.17, 15) is 5.21 Å². The Morgan fingerprint density at radius 2 is 2.25 bits per heavy atom. The summed E-state index contributed by atoms with van der Waals surface area (Å²) in [4.78, 5) is 0. The van der Waals surface area contributed by atoms with Gasteiger partial charge in [0.15, 0.2) is 0 Å². The summed E-state index contributed by atoms with van der Waals surface area (Å²) < 4.78 is 0. The van der Waals surface area contributed by atoms with Crippen LogP contribution in [0.15, 0.2) is 24.6 Å². The van der Waals surface area contributed by atoms with Gasteiger partial charge in [-0.15, -0.1) is 0 Å². The third kappa shape index (κ3) is 2.55. The molecule has 0 saturated carbocycles. The van der Waals surface area contributed by atoms with Crippen LogP contribution in [0.2, 0.25) is 0 Å². The van der Waals surface area contributed by atoms with Crippen LogP contribution in [0.3, 0.4) is 0 Å². The molecule has 0 aromatic heterocycles. The van der Waals surface area contributed by atoms with Crippen molar-refractivity contribution in [3.8, 4) is 0 Å². The summed E-state index contributed by atoms with van der Waals surface area (Å²) in [5.74, 6) is 0. The molecule has 1 atom stereocenters. The first-order valence-electron chi connectivity index (χ1n) is 2.51. The van der Waals surface area contributed by atoms with Crippen molar-refractivity contribution in [3.05, 3.63) is 29.8 Å². The zero-order valence-electron chi connectivity index (χ0n) is 5.27. The lowest BCUT2D eigenvalue weighted by Gasteiger charge is -2.14. The number of hydroxylamine groups is 2. The minimum Gasteiger partial charge on any atom is -0.624 e. The van der Waals surface area contributed by atoms with E-state index in [0.29, 0.717) is 5.70 Å². The Labute approximate surface area is 49.7 Å². The maximum atomic E-state index is 10.6. The average Bonchev–Trinajstić information content (AvgIpc) is 1.67. The number of allylic oxidation sites excluding steroid dienone is 2. The van der Waals surface area contributed by atoms with Crippen molar-refractivity contribution >= 4 is 0 Å². The lowest BCUT2D eigenvalue weighted by atomic mass is 10.5. The van der Waals surface area contributed by atoms with Crippen LogP contribution >= 0.6 is 0 Å². The first-order valence-corrected chi connectivity index (χ1v) is 2.51. The van der Waals surface area contributed by atoms with Gasteiger partial charge in [0.2, 0.25) is 0 Å². The van der Waals surface area contributed by atoms with E-state index < -0.39 is 0 Å². The Morgan fingerprint density at radius 1 is 1.75 bits per heavy atom. The summed E-state index contributed by atoms with van der Waals surface area (Å²) >= 11 is 0. The van der Waals surface area contributed by atoms with Gasteiger partial charge in [0.05, 0.1) is 6.20 Å². The highest BCUT2D eigenvalue weighted by Gasteiger charge is 1.86. The van der Waals surface area contributed by atoms with Crippen molar-refractivity contribution in [3.63, 3.8) is 0 Å². The van der Waals surface area contributed by atoms with Crippen molar-refractivity contribution in [1.29, 1.82) is 0 Å². The Hall–Kier alpha value is -0.600. The molecule has 0 aliphatic heterocycles. The molecule has 2 heteroatoms. The van der Waals surface area contributed by atoms with Crippen LogP contribution in [0.5, 0.6) is 0 Å². The monoisotopic (exact) mass is 113 g/mol. The van der Waals surface area contributed by atoms with Crippen LogP contribution in [0, 0.1) is 5.21 Å². The molecule has 0 aliphatic rings. The second-order valence-corrected chi connectivity index (χ2v) is 1.64. The molecule has 0 saturated heterocycles. The predicted molar refractivity (Wildman–Crippen MR) is 34.0 cm³/mol. The molecule has 0 radical (unpaired) electrons. The van der Waals surface area contributed by atoms with Gasteiger partial charge in [0.25, 0.3) is 0 Å². The van der Waals surface area contributed by atoms with E-state index in [4.69, 9.17) is 0 Å². The molecule has 0 bridgehead atoms. The lowest BCUT2D eigenvalue weighted by Crippen LogP contribution is -2.99. The molecule has 0 fully saturated rings. The van der Waals surface area contributed by atoms with Crippen LogP contribution in [-0.4, -0.2) is 0 Å². The van der Waals surface area contributed by atoms with E-state index in [1.807, 2.05) is 0 Å². The number of nitrogens with one attached hydrogen (secondary N) is 1. The molecule has 0 aromatic rings. The highest BCUT2D eigenvalue weighted by Crippen LogP contribution is 1.67. The Morgan fingerprint density at radius 3 is 2.38 bits per heavy atom. The molecule has 0 aromatic carbocycles. The predicted octanol–water partition coefficient (Wildman–Crippen LogP) is 0.436. The number of hydrogen-bond donors (Lipinski definition) is 1. The van der Waals surface area contributed by atoms with E-state index in [-0.39, 0.29) is 5.06 Å². The fourth-order valence-corrected chi connectivity index (χ4v) is 0.294. The van der Waals surface area contributed by atoms with E-state index in [1.54, 1.807) is 19.9 Å². The first-order chi connectivity index (χ1) is 3.68. The molecule has 0 spiro atoms. The van der Waals surface area contributed by atoms with Gasteiger partial charge in [-0.1, -0.05) is 0 Å². The van der Waals surface area contributed by atoms with Crippen molar-refractivity contribution in [2.45, 2.75) is 13.8 Å². The first kappa shape index (κ1) is 7.40.